The summed E-state index contributed by atoms with van der Waals surface area (Å²) < 4.78 is 0. The van der Waals surface area contributed by atoms with Gasteiger partial charge < -0.3 is 4.90 Å². The summed E-state index contributed by atoms with van der Waals surface area (Å²) in [6.07, 6.45) is 8.25. The van der Waals surface area contributed by atoms with E-state index in [1.165, 1.54) is 47.9 Å². The number of anilines is 1. The maximum absolute atomic E-state index is 5.04. The first-order valence-electron chi connectivity index (χ1n) is 10.2. The van der Waals surface area contributed by atoms with E-state index >= 15 is 0 Å². The summed E-state index contributed by atoms with van der Waals surface area (Å²) >= 11 is 0. The fourth-order valence-electron chi connectivity index (χ4n) is 4.29. The van der Waals surface area contributed by atoms with Crippen LogP contribution >= 0.6 is 0 Å². The minimum atomic E-state index is 0.593. The molecule has 0 spiro atoms. The van der Waals surface area contributed by atoms with E-state index in [1.807, 2.05) is 6.20 Å². The van der Waals surface area contributed by atoms with Gasteiger partial charge in [-0.2, -0.15) is 0 Å². The van der Waals surface area contributed by atoms with Gasteiger partial charge in [0.05, 0.1) is 5.69 Å². The zero-order valence-corrected chi connectivity index (χ0v) is 17.0. The minimum Gasteiger partial charge on any atom is -0.338 e. The van der Waals surface area contributed by atoms with E-state index in [0.29, 0.717) is 6.04 Å². The SMILES string of the molecule is CCCC(C1CC1)N(CCC)c1nccc(-c2c(C)cc(C)cc2C)n1. The van der Waals surface area contributed by atoms with Crippen LogP contribution in [-0.2, 0) is 0 Å². The lowest BCUT2D eigenvalue weighted by molar-refractivity contribution is 0.482. The molecule has 1 aliphatic carbocycles. The summed E-state index contributed by atoms with van der Waals surface area (Å²) in [6.45, 7) is 12.1. The predicted octanol–water partition coefficient (Wildman–Crippen LogP) is 5.86. The van der Waals surface area contributed by atoms with Crippen LogP contribution in [0.2, 0.25) is 0 Å². The molecular weight excluding hydrogens is 318 g/mol. The Morgan fingerprint density at radius 2 is 1.77 bits per heavy atom. The van der Waals surface area contributed by atoms with Gasteiger partial charge in [0.25, 0.3) is 0 Å². The van der Waals surface area contributed by atoms with Crippen LogP contribution in [0.1, 0.15) is 62.6 Å². The highest BCUT2D eigenvalue weighted by atomic mass is 15.3. The van der Waals surface area contributed by atoms with Crippen molar-refractivity contribution in [1.82, 2.24) is 9.97 Å². The molecular formula is C23H33N3. The zero-order valence-electron chi connectivity index (χ0n) is 17.0. The van der Waals surface area contributed by atoms with Crippen LogP contribution in [0.15, 0.2) is 24.4 Å². The van der Waals surface area contributed by atoms with Crippen molar-refractivity contribution in [3.63, 3.8) is 0 Å². The molecule has 0 radical (unpaired) electrons. The molecule has 0 N–H and O–H groups in total. The molecule has 1 atom stereocenters. The number of benzene rings is 1. The van der Waals surface area contributed by atoms with Crippen molar-refractivity contribution in [3.05, 3.63) is 41.1 Å². The van der Waals surface area contributed by atoms with Crippen LogP contribution < -0.4 is 4.90 Å². The Balaban J connectivity index is 1.99. The first kappa shape index (κ1) is 18.9. The van der Waals surface area contributed by atoms with Gasteiger partial charge in [0.1, 0.15) is 0 Å². The summed E-state index contributed by atoms with van der Waals surface area (Å²) in [4.78, 5) is 12.2. The second-order valence-electron chi connectivity index (χ2n) is 7.90. The Morgan fingerprint density at radius 3 is 2.35 bits per heavy atom. The smallest absolute Gasteiger partial charge is 0.226 e. The van der Waals surface area contributed by atoms with E-state index < -0.39 is 0 Å². The first-order chi connectivity index (χ1) is 12.5. The predicted molar refractivity (Wildman–Crippen MR) is 111 cm³/mol. The van der Waals surface area contributed by atoms with Gasteiger partial charge in [-0.3, -0.25) is 0 Å². The standard InChI is InChI=1S/C23H33N3/c1-6-8-21(19-9-10-19)26(13-7-2)23-24-12-11-20(25-23)22-17(4)14-16(3)15-18(22)5/h11-12,14-15,19,21H,6-10,13H2,1-5H3. The third kappa shape index (κ3) is 4.08. The summed E-state index contributed by atoms with van der Waals surface area (Å²) in [5, 5.41) is 0. The van der Waals surface area contributed by atoms with Crippen LogP contribution in [0.5, 0.6) is 0 Å². The molecule has 3 heteroatoms. The Kier molecular flexibility index (Phi) is 5.95. The molecule has 0 amide bonds. The molecule has 1 saturated carbocycles. The number of aryl methyl sites for hydroxylation is 3. The Hall–Kier alpha value is -1.90. The van der Waals surface area contributed by atoms with Gasteiger partial charge in [0.15, 0.2) is 0 Å². The number of hydrogen-bond donors (Lipinski definition) is 0. The van der Waals surface area contributed by atoms with Gasteiger partial charge in [-0.15, -0.1) is 0 Å². The first-order valence-corrected chi connectivity index (χ1v) is 10.2. The fraction of sp³-hybridized carbons (Fsp3) is 0.565. The van der Waals surface area contributed by atoms with Gasteiger partial charge in [-0.25, -0.2) is 9.97 Å². The molecule has 1 heterocycles. The van der Waals surface area contributed by atoms with Crippen LogP contribution in [-0.4, -0.2) is 22.6 Å². The van der Waals surface area contributed by atoms with E-state index in [-0.39, 0.29) is 0 Å². The van der Waals surface area contributed by atoms with E-state index in [1.54, 1.807) is 0 Å². The number of nitrogens with zero attached hydrogens (tertiary/aromatic N) is 3. The van der Waals surface area contributed by atoms with Gasteiger partial charge in [0, 0.05) is 24.3 Å². The van der Waals surface area contributed by atoms with Gasteiger partial charge in [0.2, 0.25) is 5.95 Å². The topological polar surface area (TPSA) is 29.0 Å². The molecule has 140 valence electrons. The van der Waals surface area contributed by atoms with Crippen molar-refractivity contribution >= 4 is 5.95 Å². The summed E-state index contributed by atoms with van der Waals surface area (Å²) in [5.41, 5.74) is 6.21. The molecule has 1 fully saturated rings. The Bertz CT molecular complexity index is 726. The highest BCUT2D eigenvalue weighted by molar-refractivity contribution is 5.68. The van der Waals surface area contributed by atoms with Crippen LogP contribution in [0.25, 0.3) is 11.3 Å². The Morgan fingerprint density at radius 1 is 1.08 bits per heavy atom. The molecule has 2 aromatic rings. The minimum absolute atomic E-state index is 0.593. The average molecular weight is 352 g/mol. The van der Waals surface area contributed by atoms with E-state index in [4.69, 9.17) is 4.98 Å². The third-order valence-electron chi connectivity index (χ3n) is 5.45. The lowest BCUT2D eigenvalue weighted by Gasteiger charge is -2.32. The largest absolute Gasteiger partial charge is 0.338 e. The average Bonchev–Trinajstić information content (AvgIpc) is 3.42. The molecule has 0 saturated heterocycles. The van der Waals surface area contributed by atoms with Gasteiger partial charge in [-0.05, 0) is 69.6 Å². The third-order valence-corrected chi connectivity index (χ3v) is 5.45. The molecule has 1 aromatic carbocycles. The van der Waals surface area contributed by atoms with Crippen molar-refractivity contribution in [2.75, 3.05) is 11.4 Å². The van der Waals surface area contributed by atoms with Crippen molar-refractivity contribution in [3.8, 4) is 11.3 Å². The molecule has 26 heavy (non-hydrogen) atoms. The molecule has 1 unspecified atom stereocenters. The van der Waals surface area contributed by atoms with Crippen LogP contribution in [0.3, 0.4) is 0 Å². The second-order valence-corrected chi connectivity index (χ2v) is 7.90. The van der Waals surface area contributed by atoms with Crippen LogP contribution in [0, 0.1) is 26.7 Å². The molecule has 0 bridgehead atoms. The lowest BCUT2D eigenvalue weighted by Crippen LogP contribution is -2.39. The zero-order chi connectivity index (χ0) is 18.7. The van der Waals surface area contributed by atoms with Crippen molar-refractivity contribution in [2.24, 2.45) is 5.92 Å². The maximum atomic E-state index is 5.04. The molecule has 3 rings (SSSR count). The fourth-order valence-corrected chi connectivity index (χ4v) is 4.29. The lowest BCUT2D eigenvalue weighted by atomic mass is 9.97. The van der Waals surface area contributed by atoms with Gasteiger partial charge >= 0.3 is 0 Å². The van der Waals surface area contributed by atoms with E-state index in [9.17, 15) is 0 Å². The number of aromatic nitrogens is 2. The molecule has 0 aliphatic heterocycles. The number of rotatable bonds is 8. The second kappa shape index (κ2) is 8.20. The van der Waals surface area contributed by atoms with Crippen molar-refractivity contribution < 1.29 is 0 Å². The highest BCUT2D eigenvalue weighted by Gasteiger charge is 2.35. The monoisotopic (exact) mass is 351 g/mol. The Labute approximate surface area is 158 Å². The summed E-state index contributed by atoms with van der Waals surface area (Å²) in [7, 11) is 0. The quantitative estimate of drug-likeness (QED) is 0.596. The summed E-state index contributed by atoms with van der Waals surface area (Å²) in [5.74, 6) is 1.74. The normalized spacial score (nSPS) is 15.1. The van der Waals surface area contributed by atoms with Crippen LogP contribution in [0.4, 0.5) is 5.95 Å². The molecule has 1 aromatic heterocycles. The van der Waals surface area contributed by atoms with Crippen molar-refractivity contribution in [2.45, 2.75) is 72.8 Å². The number of hydrogen-bond acceptors (Lipinski definition) is 3. The molecule has 3 nitrogen and oxygen atoms in total. The van der Waals surface area contributed by atoms with Gasteiger partial charge in [-0.1, -0.05) is 38.0 Å². The summed E-state index contributed by atoms with van der Waals surface area (Å²) in [6, 6.07) is 7.15. The van der Waals surface area contributed by atoms with E-state index in [2.05, 4.69) is 62.7 Å². The van der Waals surface area contributed by atoms with Crippen molar-refractivity contribution in [1.29, 1.82) is 0 Å². The maximum Gasteiger partial charge on any atom is 0.226 e. The molecule has 1 aliphatic rings. The van der Waals surface area contributed by atoms with E-state index in [0.717, 1.165) is 30.5 Å². The highest BCUT2D eigenvalue weighted by Crippen LogP contribution is 2.39.